The van der Waals surface area contributed by atoms with E-state index in [0.717, 1.165) is 37.4 Å². The number of hydrogen-bond donors (Lipinski definition) is 0. The van der Waals surface area contributed by atoms with E-state index in [0.29, 0.717) is 13.1 Å². The highest BCUT2D eigenvalue weighted by atomic mass is 16.3. The molecule has 8 heteroatoms. The molecule has 0 spiro atoms. The van der Waals surface area contributed by atoms with Crippen LogP contribution in [-0.2, 0) is 5.54 Å². The van der Waals surface area contributed by atoms with Gasteiger partial charge < -0.3 is 0 Å². The molecule has 0 bridgehead atoms. The van der Waals surface area contributed by atoms with E-state index in [-0.39, 0.29) is 5.54 Å². The van der Waals surface area contributed by atoms with Crippen molar-refractivity contribution in [2.45, 2.75) is 51.5 Å². The third-order valence-electron chi connectivity index (χ3n) is 6.19. The van der Waals surface area contributed by atoms with Crippen molar-refractivity contribution in [1.29, 1.82) is 0 Å². The smallest absolute Gasteiger partial charge is 0.176 e. The van der Waals surface area contributed by atoms with E-state index >= 15 is 0 Å². The zero-order chi connectivity index (χ0) is 18.9. The Morgan fingerprint density at radius 2 is 1.67 bits per heavy atom. The zero-order valence-electron chi connectivity index (χ0n) is 16.1. The Hall–Kier alpha value is -2.35. The maximum atomic E-state index is 10.9. The first kappa shape index (κ1) is 18.0. The minimum Gasteiger partial charge on any atom is -0.287 e. The van der Waals surface area contributed by atoms with Crippen LogP contribution in [0.4, 0.5) is 0 Å². The van der Waals surface area contributed by atoms with Crippen molar-refractivity contribution in [3.8, 4) is 5.69 Å². The number of piperazine rings is 1. The Balaban J connectivity index is 1.77. The van der Waals surface area contributed by atoms with Crippen LogP contribution in [0, 0.1) is 18.8 Å². The Morgan fingerprint density at radius 3 is 2.30 bits per heavy atom. The third-order valence-corrected chi connectivity index (χ3v) is 6.19. The molecule has 2 aromatic rings. The molecule has 1 aliphatic carbocycles. The van der Waals surface area contributed by atoms with Gasteiger partial charge in [0.2, 0.25) is 0 Å². The highest BCUT2D eigenvalue weighted by Gasteiger charge is 2.45. The van der Waals surface area contributed by atoms with Gasteiger partial charge in [-0.05, 0) is 48.2 Å². The molecule has 2 heterocycles. The van der Waals surface area contributed by atoms with Gasteiger partial charge in [0.05, 0.1) is 29.6 Å². The quantitative estimate of drug-likeness (QED) is 0.771. The van der Waals surface area contributed by atoms with Crippen LogP contribution in [0.15, 0.2) is 23.5 Å². The minimum absolute atomic E-state index is 0.175. The fourth-order valence-electron chi connectivity index (χ4n) is 4.79. The molecule has 1 saturated heterocycles. The predicted molar refractivity (Wildman–Crippen MR) is 102 cm³/mol. The summed E-state index contributed by atoms with van der Waals surface area (Å²) in [5.41, 5.74) is 3.25. The summed E-state index contributed by atoms with van der Waals surface area (Å²) in [6.45, 7) is 7.16. The molecular formula is C19H27N7O. The van der Waals surface area contributed by atoms with Gasteiger partial charge in [-0.3, -0.25) is 9.91 Å². The highest BCUT2D eigenvalue weighted by Crippen LogP contribution is 2.42. The maximum absolute atomic E-state index is 10.9. The summed E-state index contributed by atoms with van der Waals surface area (Å²) in [5.74, 6) is 0.937. The molecule has 8 nitrogen and oxygen atoms in total. The van der Waals surface area contributed by atoms with Gasteiger partial charge in [0.25, 0.3) is 0 Å². The summed E-state index contributed by atoms with van der Waals surface area (Å²) in [6, 6.07) is 6.28. The van der Waals surface area contributed by atoms with Gasteiger partial charge >= 0.3 is 0 Å². The van der Waals surface area contributed by atoms with Crippen molar-refractivity contribution in [2.75, 3.05) is 26.2 Å². The standard InChI is InChI=1S/C19H27N7O/c1-15-7-6-8-16(2)17(15)26-18(20-21-22-26)19(9-4-3-5-10-19)24-11-13-25(23-27)14-12-24/h6-8H,3-5,9-14H2,1-2H3. The summed E-state index contributed by atoms with van der Waals surface area (Å²) in [7, 11) is 0. The summed E-state index contributed by atoms with van der Waals surface area (Å²) in [4.78, 5) is 13.4. The van der Waals surface area contributed by atoms with E-state index in [2.05, 4.69) is 57.8 Å². The van der Waals surface area contributed by atoms with Crippen LogP contribution in [0.1, 0.15) is 49.1 Å². The lowest BCUT2D eigenvalue weighted by molar-refractivity contribution is -0.00284. The largest absolute Gasteiger partial charge is 0.287 e. The molecule has 0 radical (unpaired) electrons. The Bertz CT molecular complexity index is 784. The molecule has 1 aromatic carbocycles. The number of aromatic nitrogens is 4. The number of tetrazole rings is 1. The van der Waals surface area contributed by atoms with Crippen LogP contribution >= 0.6 is 0 Å². The summed E-state index contributed by atoms with van der Waals surface area (Å²) < 4.78 is 1.96. The van der Waals surface area contributed by atoms with Gasteiger partial charge in [0.15, 0.2) is 5.82 Å². The number of aryl methyl sites for hydroxylation is 2. The SMILES string of the molecule is Cc1cccc(C)c1-n1nnnc1C1(N2CCN(N=O)CC2)CCCCC1. The summed E-state index contributed by atoms with van der Waals surface area (Å²) in [5, 5.41) is 17.8. The first-order valence-corrected chi connectivity index (χ1v) is 9.84. The lowest BCUT2D eigenvalue weighted by Crippen LogP contribution is -2.56. The van der Waals surface area contributed by atoms with E-state index < -0.39 is 0 Å². The van der Waals surface area contributed by atoms with Crippen molar-refractivity contribution in [3.63, 3.8) is 0 Å². The van der Waals surface area contributed by atoms with E-state index in [1.807, 2.05) is 4.68 Å². The monoisotopic (exact) mass is 369 g/mol. The molecule has 2 aliphatic rings. The van der Waals surface area contributed by atoms with Gasteiger partial charge in [-0.2, -0.15) is 4.68 Å². The lowest BCUT2D eigenvalue weighted by Gasteiger charge is -2.47. The van der Waals surface area contributed by atoms with Crippen LogP contribution in [-0.4, -0.2) is 56.3 Å². The number of para-hydroxylation sites is 1. The third kappa shape index (κ3) is 3.12. The second kappa shape index (κ2) is 7.34. The molecular weight excluding hydrogens is 342 g/mol. The van der Waals surface area contributed by atoms with E-state index in [9.17, 15) is 4.91 Å². The van der Waals surface area contributed by atoms with E-state index in [1.54, 1.807) is 5.01 Å². The van der Waals surface area contributed by atoms with Crippen LogP contribution in [0.25, 0.3) is 5.69 Å². The first-order valence-electron chi connectivity index (χ1n) is 9.84. The molecule has 1 saturated carbocycles. The average molecular weight is 369 g/mol. The summed E-state index contributed by atoms with van der Waals surface area (Å²) >= 11 is 0. The molecule has 0 atom stereocenters. The van der Waals surface area contributed by atoms with Crippen LogP contribution < -0.4 is 0 Å². The normalized spacial score (nSPS) is 20.6. The van der Waals surface area contributed by atoms with Gasteiger partial charge in [-0.25, -0.2) is 0 Å². The van der Waals surface area contributed by atoms with Crippen molar-refractivity contribution in [2.24, 2.45) is 5.29 Å². The molecule has 4 rings (SSSR count). The number of rotatable bonds is 4. The second-order valence-electron chi connectivity index (χ2n) is 7.77. The number of nitroso groups, excluding NO2 is 1. The Morgan fingerprint density at radius 1 is 1.00 bits per heavy atom. The Kier molecular flexibility index (Phi) is 4.90. The molecule has 2 fully saturated rings. The average Bonchev–Trinajstić information content (AvgIpc) is 3.18. The van der Waals surface area contributed by atoms with Crippen LogP contribution in [0.3, 0.4) is 0 Å². The zero-order valence-corrected chi connectivity index (χ0v) is 16.1. The predicted octanol–water partition coefficient (Wildman–Crippen LogP) is 2.74. The van der Waals surface area contributed by atoms with Gasteiger partial charge in [-0.15, -0.1) is 10.0 Å². The molecule has 1 aliphatic heterocycles. The lowest BCUT2D eigenvalue weighted by atomic mass is 9.79. The second-order valence-corrected chi connectivity index (χ2v) is 7.77. The fraction of sp³-hybridized carbons (Fsp3) is 0.632. The number of benzene rings is 1. The summed E-state index contributed by atoms with van der Waals surface area (Å²) in [6.07, 6.45) is 5.69. The first-order chi connectivity index (χ1) is 13.2. The van der Waals surface area contributed by atoms with E-state index in [1.165, 1.54) is 30.4 Å². The van der Waals surface area contributed by atoms with Crippen molar-refractivity contribution in [3.05, 3.63) is 40.1 Å². The minimum atomic E-state index is -0.175. The van der Waals surface area contributed by atoms with Crippen molar-refractivity contribution < 1.29 is 0 Å². The van der Waals surface area contributed by atoms with Gasteiger partial charge in [0.1, 0.15) is 0 Å². The molecule has 0 N–H and O–H groups in total. The fourth-order valence-corrected chi connectivity index (χ4v) is 4.79. The van der Waals surface area contributed by atoms with Crippen molar-refractivity contribution >= 4 is 0 Å². The van der Waals surface area contributed by atoms with Crippen LogP contribution in [0.2, 0.25) is 0 Å². The molecule has 144 valence electrons. The Labute approximate surface area is 159 Å². The number of hydrogen-bond acceptors (Lipinski definition) is 6. The molecule has 1 aromatic heterocycles. The van der Waals surface area contributed by atoms with E-state index in [4.69, 9.17) is 0 Å². The van der Waals surface area contributed by atoms with Crippen LogP contribution in [0.5, 0.6) is 0 Å². The molecule has 0 unspecified atom stereocenters. The molecule has 0 amide bonds. The number of nitrogens with zero attached hydrogens (tertiary/aromatic N) is 7. The maximum Gasteiger partial charge on any atom is 0.176 e. The van der Waals surface area contributed by atoms with Gasteiger partial charge in [0, 0.05) is 13.1 Å². The van der Waals surface area contributed by atoms with Gasteiger partial charge in [-0.1, -0.05) is 37.5 Å². The highest BCUT2D eigenvalue weighted by molar-refractivity contribution is 5.47. The topological polar surface area (TPSA) is 79.5 Å². The van der Waals surface area contributed by atoms with Crippen molar-refractivity contribution in [1.82, 2.24) is 30.1 Å². The molecule has 27 heavy (non-hydrogen) atoms.